The minimum atomic E-state index is -0.788. The number of nitrogens with two attached hydrogens (primary N) is 1. The molecule has 6 heteroatoms. The Morgan fingerprint density at radius 3 is 2.89 bits per heavy atom. The highest BCUT2D eigenvalue weighted by Gasteiger charge is 2.15. The summed E-state index contributed by atoms with van der Waals surface area (Å²) in [5.74, 6) is 0.597. The van der Waals surface area contributed by atoms with Gasteiger partial charge in [0.2, 0.25) is 5.88 Å². The van der Waals surface area contributed by atoms with Crippen LogP contribution in [0.15, 0.2) is 18.3 Å². The number of primary amides is 1. The van der Waals surface area contributed by atoms with Crippen molar-refractivity contribution < 1.29 is 19.0 Å². The lowest BCUT2D eigenvalue weighted by Gasteiger charge is -2.22. The van der Waals surface area contributed by atoms with Crippen LogP contribution in [0.4, 0.5) is 4.79 Å². The van der Waals surface area contributed by atoms with Gasteiger partial charge in [0, 0.05) is 31.5 Å². The fourth-order valence-electron chi connectivity index (χ4n) is 1.77. The third-order valence-electron chi connectivity index (χ3n) is 2.76. The van der Waals surface area contributed by atoms with Crippen LogP contribution >= 0.6 is 0 Å². The summed E-state index contributed by atoms with van der Waals surface area (Å²) >= 11 is 0. The average Bonchev–Trinajstić information content (AvgIpc) is 2.42. The highest BCUT2D eigenvalue weighted by atomic mass is 16.5. The predicted octanol–water partition coefficient (Wildman–Crippen LogP) is 1.29. The number of carbonyl (C=O) groups excluding carboxylic acids is 1. The first-order valence-electron chi connectivity index (χ1n) is 6.20. The summed E-state index contributed by atoms with van der Waals surface area (Å²) in [5, 5.41) is 0. The number of amides is 1. The van der Waals surface area contributed by atoms with Crippen LogP contribution in [0.1, 0.15) is 18.4 Å². The summed E-state index contributed by atoms with van der Waals surface area (Å²) in [4.78, 5) is 14.6. The molecule has 2 N–H and O–H groups in total. The summed E-state index contributed by atoms with van der Waals surface area (Å²) < 4.78 is 15.6. The van der Waals surface area contributed by atoms with Crippen LogP contribution in [0.5, 0.6) is 5.88 Å². The second kappa shape index (κ2) is 6.94. The van der Waals surface area contributed by atoms with E-state index in [1.54, 1.807) is 18.7 Å². The van der Waals surface area contributed by atoms with Crippen molar-refractivity contribution in [3.8, 4) is 5.88 Å². The van der Waals surface area contributed by atoms with Gasteiger partial charge < -0.3 is 19.9 Å². The van der Waals surface area contributed by atoms with Crippen molar-refractivity contribution in [3.63, 3.8) is 0 Å². The molecule has 0 atom stereocenters. The Morgan fingerprint density at radius 1 is 1.47 bits per heavy atom. The molecule has 0 unspecified atom stereocenters. The number of hydrogen-bond acceptors (Lipinski definition) is 5. The molecule has 1 aromatic heterocycles. The van der Waals surface area contributed by atoms with Crippen molar-refractivity contribution in [1.29, 1.82) is 0 Å². The van der Waals surface area contributed by atoms with Gasteiger partial charge in [0.25, 0.3) is 0 Å². The maximum atomic E-state index is 10.4. The second-order valence-corrected chi connectivity index (χ2v) is 4.19. The molecule has 0 spiro atoms. The van der Waals surface area contributed by atoms with Gasteiger partial charge >= 0.3 is 6.09 Å². The van der Waals surface area contributed by atoms with Crippen molar-refractivity contribution in [2.24, 2.45) is 5.73 Å². The smallest absolute Gasteiger partial charge is 0.404 e. The monoisotopic (exact) mass is 265 g/mol. The number of ether oxygens (including phenoxy) is 3. The topological polar surface area (TPSA) is 83.7 Å². The minimum Gasteiger partial charge on any atom is -0.474 e. The molecule has 1 saturated heterocycles. The van der Waals surface area contributed by atoms with Crippen LogP contribution in [0.25, 0.3) is 0 Å². The van der Waals surface area contributed by atoms with Gasteiger partial charge in [0.15, 0.2) is 0 Å². The molecule has 1 aliphatic rings. The number of aromatic nitrogens is 1. The zero-order valence-electron chi connectivity index (χ0n) is 10.6. The van der Waals surface area contributed by atoms with Crippen LogP contribution in [-0.4, -0.2) is 37.0 Å². The molecular weight excluding hydrogens is 248 g/mol. The zero-order valence-corrected chi connectivity index (χ0v) is 10.6. The molecule has 1 aliphatic heterocycles. The molecule has 1 fully saturated rings. The van der Waals surface area contributed by atoms with Crippen LogP contribution in [0.3, 0.4) is 0 Å². The third kappa shape index (κ3) is 4.75. The van der Waals surface area contributed by atoms with Gasteiger partial charge in [-0.05, 0) is 5.56 Å². The van der Waals surface area contributed by atoms with Gasteiger partial charge in [0.05, 0.1) is 13.2 Å². The largest absolute Gasteiger partial charge is 0.474 e. The standard InChI is InChI=1S/C13H17N2O4/c14-13(16)18-8-3-10-1-2-12(15-9-10)19-11-4-6-17-7-5-11/h1-3,9,11H,4-8H2,(H2,14,16). The minimum absolute atomic E-state index is 0.136. The van der Waals surface area contributed by atoms with Gasteiger partial charge in [-0.25, -0.2) is 9.78 Å². The lowest BCUT2D eigenvalue weighted by Crippen LogP contribution is -2.26. The van der Waals surface area contributed by atoms with Crippen molar-refractivity contribution >= 4 is 6.09 Å². The Labute approximate surface area is 111 Å². The normalized spacial score (nSPS) is 16.0. The summed E-state index contributed by atoms with van der Waals surface area (Å²) in [6.07, 6.45) is 4.55. The predicted molar refractivity (Wildman–Crippen MR) is 67.6 cm³/mol. The van der Waals surface area contributed by atoms with Crippen LogP contribution in [-0.2, 0) is 9.47 Å². The summed E-state index contributed by atoms with van der Waals surface area (Å²) in [5.41, 5.74) is 5.71. The maximum absolute atomic E-state index is 10.4. The molecular formula is C13H17N2O4. The number of hydrogen-bond donors (Lipinski definition) is 1. The van der Waals surface area contributed by atoms with Gasteiger partial charge in [-0.15, -0.1) is 0 Å². The maximum Gasteiger partial charge on any atom is 0.404 e. The Kier molecular flexibility index (Phi) is 4.97. The molecule has 0 aliphatic carbocycles. The van der Waals surface area contributed by atoms with E-state index in [2.05, 4.69) is 9.72 Å². The zero-order chi connectivity index (χ0) is 13.5. The van der Waals surface area contributed by atoms with E-state index < -0.39 is 6.09 Å². The van der Waals surface area contributed by atoms with Gasteiger partial charge in [-0.3, -0.25) is 0 Å². The second-order valence-electron chi connectivity index (χ2n) is 4.19. The summed E-state index contributed by atoms with van der Waals surface area (Å²) in [6, 6.07) is 3.65. The first kappa shape index (κ1) is 13.6. The fraction of sp³-hybridized carbons (Fsp3) is 0.462. The van der Waals surface area contributed by atoms with Crippen molar-refractivity contribution in [1.82, 2.24) is 4.98 Å². The van der Waals surface area contributed by atoms with Crippen LogP contribution < -0.4 is 10.5 Å². The molecule has 6 nitrogen and oxygen atoms in total. The highest BCUT2D eigenvalue weighted by Crippen LogP contribution is 2.16. The molecule has 2 heterocycles. The SMILES string of the molecule is NC(=O)OC[CH]c1ccc(OC2CCOCC2)nc1. The van der Waals surface area contributed by atoms with E-state index in [4.69, 9.17) is 15.2 Å². The summed E-state index contributed by atoms with van der Waals surface area (Å²) in [7, 11) is 0. The molecule has 0 aromatic carbocycles. The molecule has 103 valence electrons. The average molecular weight is 265 g/mol. The van der Waals surface area contributed by atoms with Crippen molar-refractivity contribution in [3.05, 3.63) is 30.3 Å². The molecule has 0 saturated carbocycles. The first-order valence-corrected chi connectivity index (χ1v) is 6.20. The number of rotatable bonds is 5. The molecule has 2 rings (SSSR count). The Morgan fingerprint density at radius 2 is 2.26 bits per heavy atom. The van der Waals surface area contributed by atoms with Gasteiger partial charge in [0.1, 0.15) is 12.7 Å². The number of nitrogens with zero attached hydrogens (tertiary/aromatic N) is 1. The van der Waals surface area contributed by atoms with E-state index in [0.29, 0.717) is 5.88 Å². The lowest BCUT2D eigenvalue weighted by atomic mass is 10.1. The van der Waals surface area contributed by atoms with Gasteiger partial charge in [-0.2, -0.15) is 0 Å². The van der Waals surface area contributed by atoms with Crippen molar-refractivity contribution in [2.45, 2.75) is 18.9 Å². The number of pyridine rings is 1. The van der Waals surface area contributed by atoms with Crippen molar-refractivity contribution in [2.75, 3.05) is 19.8 Å². The van der Waals surface area contributed by atoms with Crippen LogP contribution in [0, 0.1) is 6.42 Å². The van der Waals surface area contributed by atoms with E-state index in [0.717, 1.165) is 31.6 Å². The van der Waals surface area contributed by atoms with E-state index in [1.807, 2.05) is 6.07 Å². The fourth-order valence-corrected chi connectivity index (χ4v) is 1.77. The van der Waals surface area contributed by atoms with E-state index in [-0.39, 0.29) is 12.7 Å². The molecule has 0 bridgehead atoms. The summed E-state index contributed by atoms with van der Waals surface area (Å²) in [6.45, 7) is 1.61. The quantitative estimate of drug-likeness (QED) is 0.867. The molecule has 19 heavy (non-hydrogen) atoms. The van der Waals surface area contributed by atoms with E-state index >= 15 is 0 Å². The number of carbonyl (C=O) groups is 1. The Hall–Kier alpha value is -1.82. The first-order chi connectivity index (χ1) is 9.24. The Bertz CT molecular complexity index is 402. The molecule has 1 radical (unpaired) electrons. The molecule has 1 amide bonds. The van der Waals surface area contributed by atoms with E-state index in [1.165, 1.54) is 0 Å². The highest BCUT2D eigenvalue weighted by molar-refractivity contribution is 5.64. The Balaban J connectivity index is 1.78. The van der Waals surface area contributed by atoms with E-state index in [9.17, 15) is 4.79 Å². The lowest BCUT2D eigenvalue weighted by molar-refractivity contribution is 0.0237. The third-order valence-corrected chi connectivity index (χ3v) is 2.76. The van der Waals surface area contributed by atoms with Gasteiger partial charge in [-0.1, -0.05) is 6.07 Å². The molecule has 1 aromatic rings. The van der Waals surface area contributed by atoms with Crippen LogP contribution in [0.2, 0.25) is 0 Å².